The second kappa shape index (κ2) is 7.74. The standard InChI is InChI=1S/C12H22N2OS/c1-3-6-14(7-4-2)12(15)9-11-10-16-8-5-13-11/h3,11,13H,1,4-10H2,2H3. The minimum absolute atomic E-state index is 0.252. The van der Waals surface area contributed by atoms with E-state index in [1.807, 2.05) is 16.7 Å². The highest BCUT2D eigenvalue weighted by Crippen LogP contribution is 2.11. The Labute approximate surface area is 103 Å². The van der Waals surface area contributed by atoms with Crippen LogP contribution in [0.5, 0.6) is 0 Å². The fourth-order valence-electron chi connectivity index (χ4n) is 1.83. The third-order valence-corrected chi connectivity index (χ3v) is 3.75. The molecule has 0 radical (unpaired) electrons. The van der Waals surface area contributed by atoms with Crippen LogP contribution >= 0.6 is 11.8 Å². The van der Waals surface area contributed by atoms with Gasteiger partial charge in [0.05, 0.1) is 0 Å². The minimum Gasteiger partial charge on any atom is -0.339 e. The monoisotopic (exact) mass is 242 g/mol. The van der Waals surface area contributed by atoms with Gasteiger partial charge in [-0.15, -0.1) is 6.58 Å². The van der Waals surface area contributed by atoms with Crippen LogP contribution in [-0.2, 0) is 4.79 Å². The Morgan fingerprint density at radius 2 is 2.50 bits per heavy atom. The average molecular weight is 242 g/mol. The summed E-state index contributed by atoms with van der Waals surface area (Å²) in [6.07, 6.45) is 3.43. The first-order chi connectivity index (χ1) is 7.77. The van der Waals surface area contributed by atoms with Gasteiger partial charge in [-0.3, -0.25) is 4.79 Å². The summed E-state index contributed by atoms with van der Waals surface area (Å²) in [6.45, 7) is 8.33. The van der Waals surface area contributed by atoms with Gasteiger partial charge in [-0.25, -0.2) is 0 Å². The summed E-state index contributed by atoms with van der Waals surface area (Å²) in [5, 5.41) is 3.39. The molecule has 0 saturated carbocycles. The van der Waals surface area contributed by atoms with Gasteiger partial charge in [-0.05, 0) is 6.42 Å². The topological polar surface area (TPSA) is 32.3 Å². The van der Waals surface area contributed by atoms with Gasteiger partial charge < -0.3 is 10.2 Å². The van der Waals surface area contributed by atoms with Gasteiger partial charge in [0.25, 0.3) is 0 Å². The Balaban J connectivity index is 2.37. The summed E-state index contributed by atoms with van der Waals surface area (Å²) < 4.78 is 0. The normalized spacial score (nSPS) is 20.4. The molecular weight excluding hydrogens is 220 g/mol. The molecule has 0 spiro atoms. The van der Waals surface area contributed by atoms with E-state index in [1.165, 1.54) is 0 Å². The van der Waals surface area contributed by atoms with E-state index in [0.29, 0.717) is 19.0 Å². The van der Waals surface area contributed by atoms with Crippen molar-refractivity contribution in [3.63, 3.8) is 0 Å². The Morgan fingerprint density at radius 1 is 1.69 bits per heavy atom. The first kappa shape index (κ1) is 13.6. The van der Waals surface area contributed by atoms with Crippen LogP contribution in [0.2, 0.25) is 0 Å². The van der Waals surface area contributed by atoms with Gasteiger partial charge >= 0.3 is 0 Å². The fourth-order valence-corrected chi connectivity index (χ4v) is 2.78. The zero-order valence-electron chi connectivity index (χ0n) is 10.1. The lowest BCUT2D eigenvalue weighted by molar-refractivity contribution is -0.131. The van der Waals surface area contributed by atoms with Crippen LogP contribution in [0.25, 0.3) is 0 Å². The lowest BCUT2D eigenvalue weighted by Crippen LogP contribution is -2.42. The van der Waals surface area contributed by atoms with Crippen molar-refractivity contribution in [2.75, 3.05) is 31.1 Å². The molecule has 1 heterocycles. The van der Waals surface area contributed by atoms with E-state index < -0.39 is 0 Å². The minimum atomic E-state index is 0.252. The third kappa shape index (κ3) is 4.58. The van der Waals surface area contributed by atoms with Gasteiger partial charge in [-0.2, -0.15) is 11.8 Å². The molecule has 0 aromatic carbocycles. The van der Waals surface area contributed by atoms with Crippen molar-refractivity contribution in [2.45, 2.75) is 25.8 Å². The molecule has 0 aliphatic carbocycles. The second-order valence-corrected chi connectivity index (χ2v) is 5.21. The maximum absolute atomic E-state index is 12.0. The Bertz CT molecular complexity index is 227. The van der Waals surface area contributed by atoms with Crippen LogP contribution in [0.15, 0.2) is 12.7 Å². The predicted octanol–water partition coefficient (Wildman–Crippen LogP) is 1.51. The molecule has 1 aliphatic heterocycles. The molecule has 1 amide bonds. The number of hydrogen-bond acceptors (Lipinski definition) is 3. The SMILES string of the molecule is C=CCN(CCC)C(=O)CC1CSCCN1. The van der Waals surface area contributed by atoms with Crippen LogP contribution in [-0.4, -0.2) is 48.0 Å². The van der Waals surface area contributed by atoms with Gasteiger partial charge in [0.2, 0.25) is 5.91 Å². The largest absolute Gasteiger partial charge is 0.339 e. The molecule has 1 atom stereocenters. The lowest BCUT2D eigenvalue weighted by atomic mass is 10.2. The van der Waals surface area contributed by atoms with Crippen LogP contribution in [0.3, 0.4) is 0 Å². The Morgan fingerprint density at radius 3 is 3.06 bits per heavy atom. The van der Waals surface area contributed by atoms with Crippen LogP contribution in [0.1, 0.15) is 19.8 Å². The maximum atomic E-state index is 12.0. The first-order valence-corrected chi connectivity index (χ1v) is 7.13. The zero-order chi connectivity index (χ0) is 11.8. The van der Waals surface area contributed by atoms with Crippen molar-refractivity contribution in [2.24, 2.45) is 0 Å². The number of hydrogen-bond donors (Lipinski definition) is 1. The average Bonchev–Trinajstić information content (AvgIpc) is 2.30. The van der Waals surface area contributed by atoms with Gasteiger partial charge in [0.15, 0.2) is 0 Å². The van der Waals surface area contributed by atoms with Crippen molar-refractivity contribution >= 4 is 17.7 Å². The quantitative estimate of drug-likeness (QED) is 0.717. The van der Waals surface area contributed by atoms with E-state index in [0.717, 1.165) is 31.0 Å². The number of amides is 1. The van der Waals surface area contributed by atoms with E-state index in [2.05, 4.69) is 18.8 Å². The van der Waals surface area contributed by atoms with Crippen molar-refractivity contribution in [3.05, 3.63) is 12.7 Å². The molecule has 3 nitrogen and oxygen atoms in total. The predicted molar refractivity (Wildman–Crippen MR) is 70.8 cm³/mol. The van der Waals surface area contributed by atoms with Gasteiger partial charge in [0, 0.05) is 43.6 Å². The van der Waals surface area contributed by atoms with Gasteiger partial charge in [0.1, 0.15) is 0 Å². The molecule has 92 valence electrons. The summed E-state index contributed by atoms with van der Waals surface area (Å²) >= 11 is 1.93. The second-order valence-electron chi connectivity index (χ2n) is 4.06. The summed E-state index contributed by atoms with van der Waals surface area (Å²) in [4.78, 5) is 13.9. The highest BCUT2D eigenvalue weighted by atomic mass is 32.2. The number of nitrogens with one attached hydrogen (secondary N) is 1. The molecule has 0 aromatic heterocycles. The molecule has 1 aliphatic rings. The van der Waals surface area contributed by atoms with E-state index in [4.69, 9.17) is 0 Å². The molecule has 0 bridgehead atoms. The van der Waals surface area contributed by atoms with Crippen molar-refractivity contribution < 1.29 is 4.79 Å². The summed E-state index contributed by atoms with van der Waals surface area (Å²) in [5.74, 6) is 2.47. The van der Waals surface area contributed by atoms with E-state index in [9.17, 15) is 4.79 Å². The fraction of sp³-hybridized carbons (Fsp3) is 0.750. The highest BCUT2D eigenvalue weighted by molar-refractivity contribution is 7.99. The number of thioether (sulfide) groups is 1. The van der Waals surface area contributed by atoms with Crippen LogP contribution in [0.4, 0.5) is 0 Å². The van der Waals surface area contributed by atoms with Crippen molar-refractivity contribution in [1.29, 1.82) is 0 Å². The van der Waals surface area contributed by atoms with Gasteiger partial charge in [-0.1, -0.05) is 13.0 Å². The van der Waals surface area contributed by atoms with E-state index in [1.54, 1.807) is 6.08 Å². The summed E-state index contributed by atoms with van der Waals surface area (Å²) in [6, 6.07) is 0.357. The van der Waals surface area contributed by atoms with Crippen molar-refractivity contribution in [3.8, 4) is 0 Å². The Hall–Kier alpha value is -0.480. The smallest absolute Gasteiger partial charge is 0.224 e. The first-order valence-electron chi connectivity index (χ1n) is 5.97. The maximum Gasteiger partial charge on any atom is 0.224 e. The molecule has 0 aromatic rings. The van der Waals surface area contributed by atoms with Crippen molar-refractivity contribution in [1.82, 2.24) is 10.2 Å². The molecule has 1 rings (SSSR count). The summed E-state index contributed by atoms with van der Waals surface area (Å²) in [5.41, 5.74) is 0. The third-order valence-electron chi connectivity index (χ3n) is 2.62. The highest BCUT2D eigenvalue weighted by Gasteiger charge is 2.19. The molecule has 4 heteroatoms. The molecule has 1 unspecified atom stereocenters. The van der Waals surface area contributed by atoms with E-state index >= 15 is 0 Å². The van der Waals surface area contributed by atoms with Crippen LogP contribution in [0, 0.1) is 0 Å². The summed E-state index contributed by atoms with van der Waals surface area (Å²) in [7, 11) is 0. The van der Waals surface area contributed by atoms with E-state index in [-0.39, 0.29) is 5.91 Å². The molecule has 1 fully saturated rings. The zero-order valence-corrected chi connectivity index (χ0v) is 10.9. The number of carbonyl (C=O) groups is 1. The number of carbonyl (C=O) groups excluding carboxylic acids is 1. The molecule has 1 saturated heterocycles. The number of nitrogens with zero attached hydrogens (tertiary/aromatic N) is 1. The number of rotatable bonds is 6. The lowest BCUT2D eigenvalue weighted by Gasteiger charge is -2.26. The molecule has 1 N–H and O–H groups in total. The van der Waals surface area contributed by atoms with Crippen LogP contribution < -0.4 is 5.32 Å². The molecular formula is C12H22N2OS. The Kier molecular flexibility index (Phi) is 6.57. The molecule has 16 heavy (non-hydrogen) atoms.